The zero-order valence-corrected chi connectivity index (χ0v) is 13.2. The van der Waals surface area contributed by atoms with Gasteiger partial charge in [-0.15, -0.1) is 0 Å². The molecular weight excluding hydrogens is 301 g/mol. The number of rotatable bonds is 6. The molecule has 2 amide bonds. The largest absolute Gasteiger partial charge is 0.378 e. The van der Waals surface area contributed by atoms with Crippen LogP contribution in [0.15, 0.2) is 18.2 Å². The lowest BCUT2D eigenvalue weighted by Gasteiger charge is -2.23. The number of nitrogens with one attached hydrogen (secondary N) is 3. The highest BCUT2D eigenvalue weighted by atomic mass is 19.1. The summed E-state index contributed by atoms with van der Waals surface area (Å²) in [6.07, 6.45) is 0.344. The Balaban J connectivity index is 1.65. The highest BCUT2D eigenvalue weighted by Gasteiger charge is 2.16. The minimum absolute atomic E-state index is 0.0360. The summed E-state index contributed by atoms with van der Waals surface area (Å²) < 4.78 is 18.7. The number of benzene rings is 1. The third-order valence-corrected chi connectivity index (χ3v) is 3.60. The fourth-order valence-electron chi connectivity index (χ4n) is 2.26. The summed E-state index contributed by atoms with van der Waals surface area (Å²) in [5.41, 5.74) is 0.761. The van der Waals surface area contributed by atoms with E-state index >= 15 is 0 Å². The molecule has 1 atom stereocenters. The van der Waals surface area contributed by atoms with Crippen LogP contribution in [0.2, 0.25) is 0 Å². The van der Waals surface area contributed by atoms with Crippen molar-refractivity contribution in [2.45, 2.75) is 19.4 Å². The molecule has 126 valence electrons. The maximum atomic E-state index is 13.4. The van der Waals surface area contributed by atoms with Crippen LogP contribution in [0.5, 0.6) is 0 Å². The van der Waals surface area contributed by atoms with Gasteiger partial charge in [0.2, 0.25) is 5.91 Å². The van der Waals surface area contributed by atoms with Crippen molar-refractivity contribution < 1.29 is 18.7 Å². The Morgan fingerprint density at radius 3 is 2.83 bits per heavy atom. The van der Waals surface area contributed by atoms with Crippen molar-refractivity contribution >= 4 is 11.8 Å². The average Bonchev–Trinajstić information content (AvgIpc) is 2.55. The van der Waals surface area contributed by atoms with E-state index in [1.54, 1.807) is 19.1 Å². The average molecular weight is 323 g/mol. The lowest BCUT2D eigenvalue weighted by molar-refractivity contribution is -0.122. The molecule has 2 rings (SSSR count). The van der Waals surface area contributed by atoms with E-state index in [4.69, 9.17) is 4.74 Å². The Kier molecular flexibility index (Phi) is 6.49. The van der Waals surface area contributed by atoms with Crippen molar-refractivity contribution in [2.24, 2.45) is 0 Å². The Labute approximate surface area is 134 Å². The van der Waals surface area contributed by atoms with E-state index in [1.807, 2.05) is 0 Å². The molecule has 23 heavy (non-hydrogen) atoms. The summed E-state index contributed by atoms with van der Waals surface area (Å²) in [5.74, 6) is -0.864. The number of hydrogen-bond donors (Lipinski definition) is 3. The second-order valence-corrected chi connectivity index (χ2v) is 5.50. The molecule has 0 bridgehead atoms. The van der Waals surface area contributed by atoms with E-state index in [0.717, 1.165) is 6.54 Å². The van der Waals surface area contributed by atoms with E-state index in [9.17, 15) is 14.0 Å². The summed E-state index contributed by atoms with van der Waals surface area (Å²) in [6.45, 7) is 4.20. The molecule has 1 aromatic carbocycles. The number of aryl methyl sites for hydroxylation is 1. The summed E-state index contributed by atoms with van der Waals surface area (Å²) in [6, 6.07) is 4.37. The molecule has 1 unspecified atom stereocenters. The number of morpholine rings is 1. The monoisotopic (exact) mass is 323 g/mol. The summed E-state index contributed by atoms with van der Waals surface area (Å²) in [5, 5.41) is 8.58. The van der Waals surface area contributed by atoms with Gasteiger partial charge >= 0.3 is 0 Å². The van der Waals surface area contributed by atoms with E-state index in [1.165, 1.54) is 6.07 Å². The lowest BCUT2D eigenvalue weighted by Crippen LogP contribution is -2.45. The zero-order valence-electron chi connectivity index (χ0n) is 13.2. The minimum Gasteiger partial charge on any atom is -0.378 e. The molecule has 0 spiro atoms. The first-order valence-corrected chi connectivity index (χ1v) is 7.68. The molecule has 1 heterocycles. The van der Waals surface area contributed by atoms with Crippen molar-refractivity contribution in [3.05, 3.63) is 35.1 Å². The summed E-state index contributed by atoms with van der Waals surface area (Å²) >= 11 is 0. The van der Waals surface area contributed by atoms with Crippen molar-refractivity contribution in [1.29, 1.82) is 0 Å². The van der Waals surface area contributed by atoms with Gasteiger partial charge in [0.25, 0.3) is 5.91 Å². The summed E-state index contributed by atoms with van der Waals surface area (Å²) in [4.78, 5) is 23.6. The quantitative estimate of drug-likeness (QED) is 0.661. The Bertz CT molecular complexity index is 560. The fraction of sp³-hybridized carbons (Fsp3) is 0.500. The number of carbonyl (C=O) groups is 2. The maximum absolute atomic E-state index is 13.4. The highest BCUT2D eigenvalue weighted by Crippen LogP contribution is 2.08. The Hall–Kier alpha value is -1.99. The maximum Gasteiger partial charge on any atom is 0.251 e. The van der Waals surface area contributed by atoms with Gasteiger partial charge in [0, 0.05) is 37.7 Å². The highest BCUT2D eigenvalue weighted by molar-refractivity contribution is 5.94. The van der Waals surface area contributed by atoms with Crippen LogP contribution in [0, 0.1) is 12.7 Å². The van der Waals surface area contributed by atoms with Crippen LogP contribution >= 0.6 is 0 Å². The fourth-order valence-corrected chi connectivity index (χ4v) is 2.26. The number of halogens is 1. The van der Waals surface area contributed by atoms with Gasteiger partial charge in [0.1, 0.15) is 5.82 Å². The van der Waals surface area contributed by atoms with Crippen LogP contribution in [-0.4, -0.2) is 50.7 Å². The van der Waals surface area contributed by atoms with E-state index in [-0.39, 0.29) is 30.0 Å². The first-order chi connectivity index (χ1) is 11.1. The Morgan fingerprint density at radius 2 is 2.13 bits per heavy atom. The smallest absolute Gasteiger partial charge is 0.251 e. The van der Waals surface area contributed by atoms with Gasteiger partial charge in [-0.3, -0.25) is 9.59 Å². The number of amides is 2. The molecule has 1 saturated heterocycles. The number of hydrogen-bond acceptors (Lipinski definition) is 4. The second kappa shape index (κ2) is 8.59. The van der Waals surface area contributed by atoms with E-state index in [0.29, 0.717) is 31.7 Å². The molecule has 1 aliphatic heterocycles. The number of ether oxygens (including phenoxy) is 1. The standard InChI is InChI=1S/C16H22FN3O3/c1-11-2-3-12(8-14(11)17)16(22)20-5-4-19-15(21)9-13-10-23-7-6-18-13/h2-3,8,13,18H,4-7,9-10H2,1H3,(H,19,21)(H,20,22). The third-order valence-electron chi connectivity index (χ3n) is 3.60. The molecule has 6 nitrogen and oxygen atoms in total. The van der Waals surface area contributed by atoms with Crippen LogP contribution < -0.4 is 16.0 Å². The van der Waals surface area contributed by atoms with Gasteiger partial charge in [-0.05, 0) is 24.6 Å². The molecule has 3 N–H and O–H groups in total. The molecule has 1 aliphatic rings. The first kappa shape index (κ1) is 17.4. The van der Waals surface area contributed by atoms with Crippen molar-refractivity contribution in [3.8, 4) is 0 Å². The molecule has 7 heteroatoms. The molecule has 0 radical (unpaired) electrons. The lowest BCUT2D eigenvalue weighted by atomic mass is 10.1. The predicted octanol–water partition coefficient (Wildman–Crippen LogP) is 0.359. The number of carbonyl (C=O) groups excluding carboxylic acids is 2. The second-order valence-electron chi connectivity index (χ2n) is 5.50. The van der Waals surface area contributed by atoms with Gasteiger partial charge in [0.05, 0.1) is 13.2 Å². The van der Waals surface area contributed by atoms with Crippen molar-refractivity contribution in [2.75, 3.05) is 32.8 Å². The minimum atomic E-state index is -0.409. The summed E-state index contributed by atoms with van der Waals surface area (Å²) in [7, 11) is 0. The van der Waals surface area contributed by atoms with Crippen LogP contribution in [-0.2, 0) is 9.53 Å². The normalized spacial score (nSPS) is 17.6. The molecule has 1 aromatic rings. The molecule has 0 saturated carbocycles. The first-order valence-electron chi connectivity index (χ1n) is 7.68. The van der Waals surface area contributed by atoms with E-state index < -0.39 is 5.82 Å². The predicted molar refractivity (Wildman–Crippen MR) is 83.7 cm³/mol. The van der Waals surface area contributed by atoms with Crippen LogP contribution in [0.25, 0.3) is 0 Å². The Morgan fingerprint density at radius 1 is 1.35 bits per heavy atom. The third kappa shape index (κ3) is 5.61. The van der Waals surface area contributed by atoms with Crippen LogP contribution in [0.4, 0.5) is 4.39 Å². The zero-order chi connectivity index (χ0) is 16.7. The van der Waals surface area contributed by atoms with Crippen molar-refractivity contribution in [3.63, 3.8) is 0 Å². The molecular formula is C16H22FN3O3. The van der Waals surface area contributed by atoms with Gasteiger partial charge in [-0.25, -0.2) is 4.39 Å². The van der Waals surface area contributed by atoms with Crippen LogP contribution in [0.1, 0.15) is 22.3 Å². The molecule has 1 fully saturated rings. The van der Waals surface area contributed by atoms with E-state index in [2.05, 4.69) is 16.0 Å². The van der Waals surface area contributed by atoms with Gasteiger partial charge in [-0.2, -0.15) is 0 Å². The topological polar surface area (TPSA) is 79.5 Å². The van der Waals surface area contributed by atoms with Crippen LogP contribution in [0.3, 0.4) is 0 Å². The van der Waals surface area contributed by atoms with Crippen molar-refractivity contribution in [1.82, 2.24) is 16.0 Å². The van der Waals surface area contributed by atoms with Gasteiger partial charge in [0.15, 0.2) is 0 Å². The van der Waals surface area contributed by atoms with Gasteiger partial charge < -0.3 is 20.7 Å². The SMILES string of the molecule is Cc1ccc(C(=O)NCCNC(=O)CC2COCCN2)cc1F. The molecule has 0 aliphatic carbocycles. The molecule has 0 aromatic heterocycles. The van der Waals surface area contributed by atoms with Gasteiger partial charge in [-0.1, -0.05) is 6.07 Å².